The Balaban J connectivity index is 1.75. The molecule has 0 amide bonds. The largest absolute Gasteiger partial charge is 0.457 e. The molecule has 0 N–H and O–H groups in total. The zero-order chi connectivity index (χ0) is 22.0. The summed E-state index contributed by atoms with van der Waals surface area (Å²) in [5.74, 6) is 2.21. The Morgan fingerprint density at radius 2 is 1.41 bits per heavy atom. The Hall–Kier alpha value is -1.14. The molecule has 1 unspecified atom stereocenters. The highest BCUT2D eigenvalue weighted by Crippen LogP contribution is 2.61. The van der Waals surface area contributed by atoms with Gasteiger partial charge in [-0.1, -0.05) is 75.9 Å². The van der Waals surface area contributed by atoms with E-state index in [0.717, 1.165) is 48.7 Å². The van der Waals surface area contributed by atoms with Gasteiger partial charge in [0, 0.05) is 34.9 Å². The fourth-order valence-electron chi connectivity index (χ4n) is 5.66. The lowest BCUT2D eigenvalue weighted by molar-refractivity contribution is 0.393. The molecule has 32 heavy (non-hydrogen) atoms. The van der Waals surface area contributed by atoms with Gasteiger partial charge in [0.05, 0.1) is 5.41 Å². The fraction of sp³-hybridized carbons (Fsp3) is 0.185. The van der Waals surface area contributed by atoms with E-state index in [1.54, 1.807) is 0 Å². The van der Waals surface area contributed by atoms with Crippen LogP contribution >= 0.6 is 63.7 Å². The van der Waals surface area contributed by atoms with Gasteiger partial charge in [0.2, 0.25) is 0 Å². The maximum atomic E-state index is 6.46. The molecular weight excluding hydrogens is 660 g/mol. The summed E-state index contributed by atoms with van der Waals surface area (Å²) in [7, 11) is 0. The topological polar surface area (TPSA) is 9.23 Å². The Bertz CT molecular complexity index is 1290. The van der Waals surface area contributed by atoms with E-state index in [-0.39, 0.29) is 5.41 Å². The molecule has 0 aromatic heterocycles. The summed E-state index contributed by atoms with van der Waals surface area (Å²) >= 11 is 15.1. The second-order valence-electron chi connectivity index (χ2n) is 8.63. The van der Waals surface area contributed by atoms with Gasteiger partial charge < -0.3 is 4.74 Å². The summed E-state index contributed by atoms with van der Waals surface area (Å²) < 4.78 is 10.9. The van der Waals surface area contributed by atoms with Gasteiger partial charge in [0.25, 0.3) is 0 Å². The SMILES string of the molecule is BrC1=CCCC2C(=C1)C1(Cc3cc(Br)ccc32)c2cc(Br)ccc2Oc2ccc(Br)cc21. The standard InChI is InChI=1S/C27H18Br4O/c28-16-2-1-3-21-20-7-4-17(29)10-15(20)14-27(22(21)11-16)23-12-18(30)5-8-25(23)32-26-9-6-19(31)13-24(26)27/h2,4-13,21H,1,3,14H2. The second-order valence-corrected chi connectivity index (χ2v) is 12.3. The Morgan fingerprint density at radius 1 is 0.781 bits per heavy atom. The minimum Gasteiger partial charge on any atom is -0.457 e. The van der Waals surface area contributed by atoms with Gasteiger partial charge in [-0.3, -0.25) is 0 Å². The number of hydrogen-bond donors (Lipinski definition) is 0. The lowest BCUT2D eigenvalue weighted by Gasteiger charge is -2.48. The summed E-state index contributed by atoms with van der Waals surface area (Å²) in [6.07, 6.45) is 7.71. The van der Waals surface area contributed by atoms with Gasteiger partial charge in [-0.15, -0.1) is 0 Å². The van der Waals surface area contributed by atoms with Crippen molar-refractivity contribution in [1.82, 2.24) is 0 Å². The van der Waals surface area contributed by atoms with E-state index in [4.69, 9.17) is 4.74 Å². The summed E-state index contributed by atoms with van der Waals surface area (Å²) in [6, 6.07) is 19.6. The quantitative estimate of drug-likeness (QED) is 0.230. The van der Waals surface area contributed by atoms with E-state index in [9.17, 15) is 0 Å². The lowest BCUT2D eigenvalue weighted by atomic mass is 9.56. The van der Waals surface area contributed by atoms with Crippen LogP contribution in [-0.4, -0.2) is 0 Å². The number of hydrogen-bond acceptors (Lipinski definition) is 1. The third-order valence-electron chi connectivity index (χ3n) is 6.92. The number of allylic oxidation sites excluding steroid dienone is 4. The predicted octanol–water partition coefficient (Wildman–Crippen LogP) is 9.70. The molecule has 0 saturated heterocycles. The number of rotatable bonds is 0. The van der Waals surface area contributed by atoms with Crippen molar-refractivity contribution in [2.45, 2.75) is 30.6 Å². The van der Waals surface area contributed by atoms with Crippen molar-refractivity contribution in [1.29, 1.82) is 0 Å². The van der Waals surface area contributed by atoms with Gasteiger partial charge in [0.1, 0.15) is 11.5 Å². The first-order valence-corrected chi connectivity index (χ1v) is 13.8. The first-order chi connectivity index (χ1) is 15.5. The average molecular weight is 678 g/mol. The van der Waals surface area contributed by atoms with Crippen molar-refractivity contribution in [3.05, 3.63) is 112 Å². The summed E-state index contributed by atoms with van der Waals surface area (Å²) in [5.41, 5.74) is 6.42. The Morgan fingerprint density at radius 3 is 2.09 bits per heavy atom. The van der Waals surface area contributed by atoms with Crippen molar-refractivity contribution in [3.63, 3.8) is 0 Å². The van der Waals surface area contributed by atoms with Crippen LogP contribution in [0, 0.1) is 0 Å². The van der Waals surface area contributed by atoms with Gasteiger partial charge >= 0.3 is 0 Å². The van der Waals surface area contributed by atoms with E-state index in [1.807, 2.05) is 0 Å². The van der Waals surface area contributed by atoms with Crippen LogP contribution in [-0.2, 0) is 11.8 Å². The van der Waals surface area contributed by atoms with E-state index in [2.05, 4.69) is 130 Å². The predicted molar refractivity (Wildman–Crippen MR) is 144 cm³/mol. The van der Waals surface area contributed by atoms with E-state index >= 15 is 0 Å². The molecule has 0 bridgehead atoms. The third-order valence-corrected chi connectivity index (χ3v) is 8.95. The van der Waals surface area contributed by atoms with Crippen molar-refractivity contribution < 1.29 is 4.74 Å². The molecule has 3 aromatic rings. The molecule has 160 valence electrons. The third kappa shape index (κ3) is 3.26. The first kappa shape index (κ1) is 21.4. The maximum absolute atomic E-state index is 6.46. The molecule has 1 spiro atoms. The highest BCUT2D eigenvalue weighted by atomic mass is 79.9. The van der Waals surface area contributed by atoms with Crippen LogP contribution in [0.25, 0.3) is 0 Å². The maximum Gasteiger partial charge on any atom is 0.131 e. The molecule has 1 heterocycles. The highest BCUT2D eigenvalue weighted by Gasteiger charge is 2.51. The molecule has 2 aliphatic carbocycles. The Kier molecular flexibility index (Phi) is 5.33. The second kappa shape index (κ2) is 7.97. The molecule has 5 heteroatoms. The van der Waals surface area contributed by atoms with Crippen LogP contribution < -0.4 is 4.74 Å². The smallest absolute Gasteiger partial charge is 0.131 e. The molecule has 1 aliphatic heterocycles. The fourth-order valence-corrected chi connectivity index (χ4v) is 7.27. The van der Waals surface area contributed by atoms with Gasteiger partial charge in [-0.25, -0.2) is 0 Å². The minimum absolute atomic E-state index is 0.313. The monoisotopic (exact) mass is 674 g/mol. The number of benzene rings is 3. The summed E-state index contributed by atoms with van der Waals surface area (Å²) in [5, 5.41) is 0. The molecule has 3 aliphatic rings. The van der Waals surface area contributed by atoms with E-state index in [0.29, 0.717) is 5.92 Å². The van der Waals surface area contributed by atoms with Gasteiger partial charge in [-0.05, 0) is 90.6 Å². The van der Waals surface area contributed by atoms with Crippen molar-refractivity contribution >= 4 is 63.7 Å². The average Bonchev–Trinajstić information content (AvgIpc) is 2.96. The van der Waals surface area contributed by atoms with Crippen molar-refractivity contribution in [2.24, 2.45) is 0 Å². The van der Waals surface area contributed by atoms with Gasteiger partial charge in [0.15, 0.2) is 0 Å². The van der Waals surface area contributed by atoms with Crippen LogP contribution in [0.2, 0.25) is 0 Å². The van der Waals surface area contributed by atoms with Gasteiger partial charge in [-0.2, -0.15) is 0 Å². The highest BCUT2D eigenvalue weighted by molar-refractivity contribution is 9.12. The molecule has 0 saturated carbocycles. The van der Waals surface area contributed by atoms with E-state index in [1.165, 1.54) is 27.8 Å². The summed E-state index contributed by atoms with van der Waals surface area (Å²) in [6.45, 7) is 0. The minimum atomic E-state index is -0.313. The normalized spacial score (nSPS) is 20.1. The van der Waals surface area contributed by atoms with Crippen LogP contribution in [0.1, 0.15) is 41.0 Å². The van der Waals surface area contributed by atoms with E-state index < -0.39 is 0 Å². The zero-order valence-electron chi connectivity index (χ0n) is 17.0. The molecular formula is C27H18Br4O. The van der Waals surface area contributed by atoms with Crippen LogP contribution in [0.5, 0.6) is 11.5 Å². The zero-order valence-corrected chi connectivity index (χ0v) is 23.3. The van der Waals surface area contributed by atoms with Crippen LogP contribution in [0.15, 0.2) is 90.2 Å². The Labute approximate surface area is 221 Å². The molecule has 1 atom stereocenters. The molecule has 1 nitrogen and oxygen atoms in total. The molecule has 0 fully saturated rings. The van der Waals surface area contributed by atoms with Crippen LogP contribution in [0.4, 0.5) is 0 Å². The lowest BCUT2D eigenvalue weighted by Crippen LogP contribution is -2.41. The summed E-state index contributed by atoms with van der Waals surface area (Å²) in [4.78, 5) is 0. The van der Waals surface area contributed by atoms with Crippen molar-refractivity contribution in [3.8, 4) is 11.5 Å². The first-order valence-electron chi connectivity index (χ1n) is 10.6. The van der Waals surface area contributed by atoms with Crippen molar-refractivity contribution in [2.75, 3.05) is 0 Å². The number of ether oxygens (including phenoxy) is 1. The molecule has 0 radical (unpaired) electrons. The number of halogens is 4. The molecule has 3 aromatic carbocycles. The van der Waals surface area contributed by atoms with Crippen LogP contribution in [0.3, 0.4) is 0 Å². The molecule has 6 rings (SSSR count). The number of fused-ring (bicyclic) bond motifs is 8.